The van der Waals surface area contributed by atoms with Crippen LogP contribution < -0.4 is 11.3 Å². The second-order valence-corrected chi connectivity index (χ2v) is 4.61. The van der Waals surface area contributed by atoms with E-state index in [0.29, 0.717) is 10.9 Å². The van der Waals surface area contributed by atoms with E-state index >= 15 is 0 Å². The molecule has 0 radical (unpaired) electrons. The van der Waals surface area contributed by atoms with Crippen LogP contribution in [0.15, 0.2) is 29.2 Å². The molecular formula is C15H8FN5O. The van der Waals surface area contributed by atoms with E-state index in [2.05, 4.69) is 9.97 Å². The normalized spacial score (nSPS) is 10.3. The zero-order chi connectivity index (χ0) is 15.9. The van der Waals surface area contributed by atoms with E-state index in [9.17, 15) is 19.7 Å². The molecule has 0 saturated carbocycles. The molecule has 6 nitrogen and oxygen atoms in total. The summed E-state index contributed by atoms with van der Waals surface area (Å²) in [7, 11) is 0. The highest BCUT2D eigenvalue weighted by Gasteiger charge is 2.20. The molecule has 0 aliphatic rings. The Labute approximate surface area is 123 Å². The first-order valence-electron chi connectivity index (χ1n) is 6.19. The zero-order valence-electron chi connectivity index (χ0n) is 11.1. The van der Waals surface area contributed by atoms with Crippen molar-refractivity contribution in [2.75, 3.05) is 5.73 Å². The Balaban J connectivity index is 2.56. The van der Waals surface area contributed by atoms with Crippen molar-refractivity contribution >= 4 is 16.7 Å². The molecule has 4 N–H and O–H groups in total. The zero-order valence-corrected chi connectivity index (χ0v) is 11.1. The van der Waals surface area contributed by atoms with Crippen molar-refractivity contribution in [1.29, 1.82) is 10.5 Å². The molecule has 0 amide bonds. The number of H-pyrrole nitrogens is 2. The highest BCUT2D eigenvalue weighted by Crippen LogP contribution is 2.33. The molecule has 3 aromatic rings. The summed E-state index contributed by atoms with van der Waals surface area (Å²) in [4.78, 5) is 17.1. The average Bonchev–Trinajstić information content (AvgIpc) is 2.93. The molecule has 22 heavy (non-hydrogen) atoms. The maximum Gasteiger partial charge on any atom is 0.268 e. The van der Waals surface area contributed by atoms with Crippen LogP contribution in [0.4, 0.5) is 10.2 Å². The van der Waals surface area contributed by atoms with E-state index < -0.39 is 11.4 Å². The lowest BCUT2D eigenvalue weighted by Crippen LogP contribution is -2.16. The summed E-state index contributed by atoms with van der Waals surface area (Å²) in [6.45, 7) is 0. The van der Waals surface area contributed by atoms with Crippen LogP contribution >= 0.6 is 0 Å². The summed E-state index contributed by atoms with van der Waals surface area (Å²) in [5.41, 5.74) is 5.36. The van der Waals surface area contributed by atoms with Gasteiger partial charge >= 0.3 is 0 Å². The number of rotatable bonds is 1. The second kappa shape index (κ2) is 4.76. The lowest BCUT2D eigenvalue weighted by molar-refractivity contribution is 0.630. The van der Waals surface area contributed by atoms with Gasteiger partial charge in [-0.1, -0.05) is 0 Å². The number of halogens is 1. The van der Waals surface area contributed by atoms with E-state index in [1.807, 2.05) is 6.07 Å². The lowest BCUT2D eigenvalue weighted by atomic mass is 9.95. The molecule has 0 aliphatic heterocycles. The molecule has 0 spiro atoms. The second-order valence-electron chi connectivity index (χ2n) is 4.61. The first-order valence-corrected chi connectivity index (χ1v) is 6.19. The number of nitrogens with one attached hydrogen (secondary N) is 2. The third-order valence-electron chi connectivity index (χ3n) is 3.36. The van der Waals surface area contributed by atoms with Gasteiger partial charge in [-0.05, 0) is 18.2 Å². The molecule has 2 heterocycles. The summed E-state index contributed by atoms with van der Waals surface area (Å²) < 4.78 is 13.8. The van der Waals surface area contributed by atoms with Gasteiger partial charge in [0.25, 0.3) is 5.56 Å². The smallest absolute Gasteiger partial charge is 0.268 e. The van der Waals surface area contributed by atoms with E-state index in [0.717, 1.165) is 6.07 Å². The Hall–Kier alpha value is -3.58. The SMILES string of the molecule is N#Cc1c(N)[nH]c(=O)c(C#N)c1-c1cc(F)cc2cc[nH]c12. The van der Waals surface area contributed by atoms with Gasteiger partial charge in [-0.2, -0.15) is 10.5 Å². The Kier molecular flexibility index (Phi) is 2.90. The number of nitrogens with zero attached hydrogens (tertiary/aromatic N) is 2. The van der Waals surface area contributed by atoms with Gasteiger partial charge in [0.2, 0.25) is 0 Å². The van der Waals surface area contributed by atoms with Crippen molar-refractivity contribution in [3.63, 3.8) is 0 Å². The molecule has 7 heteroatoms. The summed E-state index contributed by atoms with van der Waals surface area (Å²) in [5, 5.41) is 19.1. The van der Waals surface area contributed by atoms with Crippen LogP contribution in [0.5, 0.6) is 0 Å². The van der Waals surface area contributed by atoms with Gasteiger partial charge in [0.05, 0.1) is 5.52 Å². The first-order chi connectivity index (χ1) is 10.6. The Morgan fingerprint density at radius 3 is 2.59 bits per heavy atom. The molecule has 106 valence electrons. The van der Waals surface area contributed by atoms with Crippen LogP contribution in [0.25, 0.3) is 22.0 Å². The fraction of sp³-hybridized carbons (Fsp3) is 0. The molecular weight excluding hydrogens is 285 g/mol. The lowest BCUT2D eigenvalue weighted by Gasteiger charge is -2.10. The fourth-order valence-corrected chi connectivity index (χ4v) is 2.45. The maximum atomic E-state index is 13.8. The third-order valence-corrected chi connectivity index (χ3v) is 3.36. The van der Waals surface area contributed by atoms with Crippen molar-refractivity contribution in [2.45, 2.75) is 0 Å². The molecule has 0 aliphatic carbocycles. The number of nitrogens with two attached hydrogens (primary N) is 1. The quantitative estimate of drug-likeness (QED) is 0.634. The number of hydrogen-bond acceptors (Lipinski definition) is 4. The van der Waals surface area contributed by atoms with Gasteiger partial charge in [0.1, 0.15) is 34.9 Å². The number of nitriles is 2. The number of fused-ring (bicyclic) bond motifs is 1. The molecule has 2 aromatic heterocycles. The van der Waals surface area contributed by atoms with Crippen LogP contribution in [0.3, 0.4) is 0 Å². The molecule has 0 unspecified atom stereocenters. The Morgan fingerprint density at radius 2 is 1.91 bits per heavy atom. The van der Waals surface area contributed by atoms with Crippen LogP contribution in [0.1, 0.15) is 11.1 Å². The average molecular weight is 293 g/mol. The number of pyridine rings is 1. The predicted molar refractivity (Wildman–Crippen MR) is 78.2 cm³/mol. The van der Waals surface area contributed by atoms with Gasteiger partial charge in [-0.3, -0.25) is 4.79 Å². The van der Waals surface area contributed by atoms with Crippen molar-refractivity contribution in [2.24, 2.45) is 0 Å². The van der Waals surface area contributed by atoms with Crippen molar-refractivity contribution in [3.05, 3.63) is 51.7 Å². The topological polar surface area (TPSA) is 122 Å². The number of aromatic amines is 2. The summed E-state index contributed by atoms with van der Waals surface area (Å²) >= 11 is 0. The van der Waals surface area contributed by atoms with E-state index in [-0.39, 0.29) is 28.1 Å². The van der Waals surface area contributed by atoms with Crippen LogP contribution in [0.2, 0.25) is 0 Å². The van der Waals surface area contributed by atoms with E-state index in [1.165, 1.54) is 6.07 Å². The molecule has 0 atom stereocenters. The largest absolute Gasteiger partial charge is 0.384 e. The van der Waals surface area contributed by atoms with Crippen molar-refractivity contribution < 1.29 is 4.39 Å². The van der Waals surface area contributed by atoms with Crippen molar-refractivity contribution in [3.8, 4) is 23.3 Å². The van der Waals surface area contributed by atoms with Gasteiger partial charge < -0.3 is 15.7 Å². The monoisotopic (exact) mass is 293 g/mol. The third kappa shape index (κ3) is 1.81. The number of aromatic nitrogens is 2. The van der Waals surface area contributed by atoms with E-state index in [1.54, 1.807) is 18.3 Å². The van der Waals surface area contributed by atoms with Crippen LogP contribution in [-0.2, 0) is 0 Å². The van der Waals surface area contributed by atoms with Gasteiger partial charge in [-0.15, -0.1) is 0 Å². The summed E-state index contributed by atoms with van der Waals surface area (Å²) in [5.74, 6) is -0.709. The minimum absolute atomic E-state index is 0.0261. The number of nitrogen functional groups attached to an aromatic ring is 1. The molecule has 0 saturated heterocycles. The van der Waals surface area contributed by atoms with Crippen molar-refractivity contribution in [1.82, 2.24) is 9.97 Å². The Bertz CT molecular complexity index is 1050. The molecule has 3 rings (SSSR count). The highest BCUT2D eigenvalue weighted by atomic mass is 19.1. The standard InChI is InChI=1S/C15H8FN5O/c16-8-3-7-1-2-20-13(7)9(4-8)12-10(5-17)14(19)21-15(22)11(12)6-18/h1-4,20H,(H3,19,21,22). The van der Waals surface area contributed by atoms with Gasteiger partial charge in [-0.25, -0.2) is 4.39 Å². The summed E-state index contributed by atoms with van der Waals surface area (Å²) in [6.07, 6.45) is 1.60. The minimum Gasteiger partial charge on any atom is -0.384 e. The summed E-state index contributed by atoms with van der Waals surface area (Å²) in [6, 6.07) is 7.73. The predicted octanol–water partition coefficient (Wildman–Crippen LogP) is 1.99. The fourth-order valence-electron chi connectivity index (χ4n) is 2.45. The van der Waals surface area contributed by atoms with Crippen LogP contribution in [-0.4, -0.2) is 9.97 Å². The maximum absolute atomic E-state index is 13.8. The number of anilines is 1. The minimum atomic E-state index is -0.724. The van der Waals surface area contributed by atoms with E-state index in [4.69, 9.17) is 5.73 Å². The number of hydrogen-bond donors (Lipinski definition) is 3. The highest BCUT2D eigenvalue weighted by molar-refractivity contribution is 5.97. The van der Waals surface area contributed by atoms with Crippen LogP contribution in [0, 0.1) is 28.5 Å². The Morgan fingerprint density at radius 1 is 1.18 bits per heavy atom. The number of benzene rings is 1. The van der Waals surface area contributed by atoms with Gasteiger partial charge in [0, 0.05) is 22.7 Å². The molecule has 0 fully saturated rings. The molecule has 1 aromatic carbocycles. The first kappa shape index (κ1) is 13.4. The molecule has 0 bridgehead atoms. The van der Waals surface area contributed by atoms with Gasteiger partial charge in [0.15, 0.2) is 0 Å².